The first-order valence-corrected chi connectivity index (χ1v) is 12.5. The molecule has 0 atom stereocenters. The van der Waals surface area contributed by atoms with Gasteiger partial charge in [0.2, 0.25) is 5.91 Å². The number of hydrogen-bond acceptors (Lipinski definition) is 7. The van der Waals surface area contributed by atoms with E-state index in [4.69, 9.17) is 4.74 Å². The zero-order valence-corrected chi connectivity index (χ0v) is 19.3. The molecular weight excluding hydrogens is 450 g/mol. The van der Waals surface area contributed by atoms with E-state index in [1.54, 1.807) is 28.0 Å². The highest BCUT2D eigenvalue weighted by Gasteiger charge is 2.14. The number of fused-ring (bicyclic) bond motifs is 1. The van der Waals surface area contributed by atoms with Crippen molar-refractivity contribution >= 4 is 56.2 Å². The normalized spacial score (nSPS) is 11.0. The third-order valence-corrected chi connectivity index (χ3v) is 7.28. The minimum absolute atomic E-state index is 0.0500. The average Bonchev–Trinajstić information content (AvgIpc) is 3.45. The van der Waals surface area contributed by atoms with Crippen LogP contribution in [0.25, 0.3) is 10.2 Å². The first kappa shape index (κ1) is 21.6. The minimum atomic E-state index is -0.154. The molecule has 0 bridgehead atoms. The van der Waals surface area contributed by atoms with Gasteiger partial charge >= 0.3 is 0 Å². The fourth-order valence-corrected chi connectivity index (χ4v) is 5.34. The van der Waals surface area contributed by atoms with Crippen LogP contribution in [0.5, 0.6) is 5.75 Å². The fraction of sp³-hybridized carbons (Fsp3) is 0.227. The summed E-state index contributed by atoms with van der Waals surface area (Å²) in [6, 6.07) is 13.2. The van der Waals surface area contributed by atoms with E-state index in [0.29, 0.717) is 34.2 Å². The average molecular weight is 472 g/mol. The molecular formula is C22H21N3O3S3. The van der Waals surface area contributed by atoms with Crippen LogP contribution in [0.2, 0.25) is 0 Å². The monoisotopic (exact) mass is 471 g/mol. The molecule has 0 unspecified atom stereocenters. The van der Waals surface area contributed by atoms with Crippen LogP contribution >= 0.6 is 34.4 Å². The predicted octanol–water partition coefficient (Wildman–Crippen LogP) is 4.89. The summed E-state index contributed by atoms with van der Waals surface area (Å²) in [6.07, 6.45) is 0.752. The zero-order valence-electron chi connectivity index (χ0n) is 16.9. The van der Waals surface area contributed by atoms with Crippen molar-refractivity contribution in [1.82, 2.24) is 9.55 Å². The van der Waals surface area contributed by atoms with Gasteiger partial charge in [-0.3, -0.25) is 14.2 Å². The highest BCUT2D eigenvalue weighted by Crippen LogP contribution is 2.22. The summed E-state index contributed by atoms with van der Waals surface area (Å²) in [4.78, 5) is 31.3. The van der Waals surface area contributed by atoms with Crippen molar-refractivity contribution in [2.75, 3.05) is 17.7 Å². The smallest absolute Gasteiger partial charge is 0.272 e. The lowest BCUT2D eigenvalue weighted by Gasteiger charge is -2.12. The number of carbonyl (C=O) groups excluding carboxylic acids is 1. The lowest BCUT2D eigenvalue weighted by molar-refractivity contribution is -0.113. The molecule has 0 radical (unpaired) electrons. The van der Waals surface area contributed by atoms with Crippen LogP contribution in [-0.2, 0) is 17.8 Å². The number of aryl methyl sites for hydroxylation is 1. The summed E-state index contributed by atoms with van der Waals surface area (Å²) in [5.41, 5.74) is 1.33. The maximum atomic E-state index is 13.0. The molecule has 0 aliphatic rings. The van der Waals surface area contributed by atoms with Crippen molar-refractivity contribution < 1.29 is 9.53 Å². The number of ether oxygens (including phenoxy) is 1. The van der Waals surface area contributed by atoms with Crippen molar-refractivity contribution in [3.8, 4) is 5.75 Å². The van der Waals surface area contributed by atoms with Gasteiger partial charge in [0.1, 0.15) is 10.4 Å². The number of nitrogens with zero attached hydrogens (tertiary/aromatic N) is 2. The molecule has 0 aliphatic heterocycles. The molecule has 0 saturated carbocycles. The molecule has 0 fully saturated rings. The topological polar surface area (TPSA) is 73.2 Å². The summed E-state index contributed by atoms with van der Waals surface area (Å²) in [7, 11) is 0. The van der Waals surface area contributed by atoms with Gasteiger partial charge in [0, 0.05) is 17.1 Å². The van der Waals surface area contributed by atoms with Crippen molar-refractivity contribution in [2.45, 2.75) is 25.0 Å². The van der Waals surface area contributed by atoms with E-state index in [1.807, 2.05) is 41.9 Å². The Balaban J connectivity index is 1.46. The first-order chi connectivity index (χ1) is 15.1. The molecule has 3 heterocycles. The quantitative estimate of drug-likeness (QED) is 0.278. The number of carbonyl (C=O) groups is 1. The van der Waals surface area contributed by atoms with Gasteiger partial charge in [-0.1, -0.05) is 17.8 Å². The van der Waals surface area contributed by atoms with Crippen molar-refractivity contribution in [2.24, 2.45) is 0 Å². The molecule has 0 spiro atoms. The van der Waals surface area contributed by atoms with E-state index >= 15 is 0 Å². The number of benzene rings is 1. The zero-order chi connectivity index (χ0) is 21.6. The molecule has 1 N–H and O–H groups in total. The Bertz CT molecular complexity index is 1210. The fourth-order valence-electron chi connectivity index (χ4n) is 3.04. The Labute approximate surface area is 191 Å². The van der Waals surface area contributed by atoms with E-state index in [9.17, 15) is 9.59 Å². The molecule has 9 heteroatoms. The molecule has 0 aliphatic carbocycles. The predicted molar refractivity (Wildman–Crippen MR) is 129 cm³/mol. The molecule has 3 aromatic heterocycles. The SMILES string of the molecule is CCOc1ccc(NC(=O)CSc2nc3ccsc3c(=O)n2CCc2cccs2)cc1. The van der Waals surface area contributed by atoms with Gasteiger partial charge in [0.05, 0.1) is 17.9 Å². The lowest BCUT2D eigenvalue weighted by atomic mass is 10.3. The Kier molecular flexibility index (Phi) is 7.06. The van der Waals surface area contributed by atoms with E-state index in [0.717, 1.165) is 12.2 Å². The van der Waals surface area contributed by atoms with Gasteiger partial charge < -0.3 is 10.1 Å². The summed E-state index contributed by atoms with van der Waals surface area (Å²) in [5.74, 6) is 0.769. The maximum absolute atomic E-state index is 13.0. The van der Waals surface area contributed by atoms with Gasteiger partial charge in [-0.25, -0.2) is 4.98 Å². The molecule has 1 aromatic carbocycles. The van der Waals surface area contributed by atoms with E-state index in [2.05, 4.69) is 16.4 Å². The van der Waals surface area contributed by atoms with Crippen LogP contribution in [-0.4, -0.2) is 27.8 Å². The van der Waals surface area contributed by atoms with Gasteiger partial charge in [0.15, 0.2) is 5.16 Å². The second-order valence-corrected chi connectivity index (χ2v) is 9.50. The number of hydrogen-bond donors (Lipinski definition) is 1. The Hall–Kier alpha value is -2.62. The van der Waals surface area contributed by atoms with Crippen molar-refractivity contribution in [3.63, 3.8) is 0 Å². The van der Waals surface area contributed by atoms with Crippen LogP contribution in [0.3, 0.4) is 0 Å². The number of nitrogens with one attached hydrogen (secondary N) is 1. The van der Waals surface area contributed by atoms with E-state index in [-0.39, 0.29) is 17.2 Å². The van der Waals surface area contributed by atoms with Crippen LogP contribution in [0, 0.1) is 0 Å². The second-order valence-electron chi connectivity index (χ2n) is 6.61. The number of anilines is 1. The molecule has 1 amide bonds. The first-order valence-electron chi connectivity index (χ1n) is 9.80. The van der Waals surface area contributed by atoms with Crippen LogP contribution in [0.1, 0.15) is 11.8 Å². The van der Waals surface area contributed by atoms with Crippen LogP contribution in [0.15, 0.2) is 63.2 Å². The van der Waals surface area contributed by atoms with Gasteiger partial charge in [-0.05, 0) is 60.5 Å². The molecule has 160 valence electrons. The molecule has 4 rings (SSSR count). The van der Waals surface area contributed by atoms with Gasteiger partial charge in [-0.15, -0.1) is 22.7 Å². The van der Waals surface area contributed by atoms with Gasteiger partial charge in [-0.2, -0.15) is 0 Å². The number of thiophene rings is 2. The van der Waals surface area contributed by atoms with E-state index in [1.165, 1.54) is 28.0 Å². The third kappa shape index (κ3) is 5.36. The van der Waals surface area contributed by atoms with Crippen LogP contribution in [0.4, 0.5) is 5.69 Å². The Morgan fingerprint density at radius 2 is 2.00 bits per heavy atom. The Morgan fingerprint density at radius 3 is 2.74 bits per heavy atom. The molecule has 6 nitrogen and oxygen atoms in total. The number of amides is 1. The highest BCUT2D eigenvalue weighted by atomic mass is 32.2. The summed E-state index contributed by atoms with van der Waals surface area (Å²) in [5, 5.41) is 7.34. The third-order valence-electron chi connectivity index (χ3n) is 4.47. The summed E-state index contributed by atoms with van der Waals surface area (Å²) in [6.45, 7) is 3.05. The van der Waals surface area contributed by atoms with Crippen molar-refractivity contribution in [1.29, 1.82) is 0 Å². The Morgan fingerprint density at radius 1 is 1.16 bits per heavy atom. The van der Waals surface area contributed by atoms with E-state index < -0.39 is 0 Å². The number of thioether (sulfide) groups is 1. The summed E-state index contributed by atoms with van der Waals surface area (Å²) >= 11 is 4.35. The molecule has 0 saturated heterocycles. The van der Waals surface area contributed by atoms with Crippen molar-refractivity contribution in [3.05, 3.63) is 68.5 Å². The standard InChI is InChI=1S/C22H21N3O3S3/c1-2-28-16-7-5-15(6-8-16)23-19(26)14-31-22-24-18-10-13-30-20(18)21(27)25(22)11-9-17-4-3-12-29-17/h3-8,10,12-13H,2,9,11,14H2,1H3,(H,23,26). The number of aromatic nitrogens is 2. The molecule has 4 aromatic rings. The molecule has 31 heavy (non-hydrogen) atoms. The minimum Gasteiger partial charge on any atom is -0.494 e. The second kappa shape index (κ2) is 10.1. The lowest BCUT2D eigenvalue weighted by Crippen LogP contribution is -2.24. The largest absolute Gasteiger partial charge is 0.494 e. The maximum Gasteiger partial charge on any atom is 0.272 e. The van der Waals surface area contributed by atoms with Crippen LogP contribution < -0.4 is 15.6 Å². The number of rotatable bonds is 9. The van der Waals surface area contributed by atoms with Gasteiger partial charge in [0.25, 0.3) is 5.56 Å². The summed E-state index contributed by atoms with van der Waals surface area (Å²) < 4.78 is 7.75. The highest BCUT2D eigenvalue weighted by molar-refractivity contribution is 7.99.